The van der Waals surface area contributed by atoms with E-state index in [0.29, 0.717) is 27.4 Å². The number of rotatable bonds is 3. The minimum atomic E-state index is -0.528. The van der Waals surface area contributed by atoms with Crippen molar-refractivity contribution in [1.82, 2.24) is 9.97 Å². The number of halogens is 1. The average molecular weight is 389 g/mol. The Balaban J connectivity index is 1.46. The van der Waals surface area contributed by atoms with Gasteiger partial charge in [0.1, 0.15) is 0 Å². The number of carbonyl (C=O) groups is 2. The predicted octanol–water partition coefficient (Wildman–Crippen LogP) is 2.95. The van der Waals surface area contributed by atoms with Crippen LogP contribution in [0, 0.1) is 0 Å². The van der Waals surface area contributed by atoms with Crippen LogP contribution >= 0.6 is 23.4 Å². The van der Waals surface area contributed by atoms with Gasteiger partial charge in [-0.1, -0.05) is 11.6 Å². The van der Waals surface area contributed by atoms with Crippen LogP contribution in [0.4, 0.5) is 11.4 Å². The molecule has 2 heterocycles. The molecule has 3 aromatic rings. The molecule has 0 radical (unpaired) electrons. The Labute approximate surface area is 156 Å². The number of aromatic amines is 2. The number of hydrogen-bond acceptors (Lipinski definition) is 4. The van der Waals surface area contributed by atoms with Crippen LogP contribution in [0.25, 0.3) is 11.0 Å². The molecule has 0 fully saturated rings. The summed E-state index contributed by atoms with van der Waals surface area (Å²) in [5, 5.41) is 5.55. The summed E-state index contributed by atoms with van der Waals surface area (Å²) in [6, 6.07) is 10.3. The fourth-order valence-corrected chi connectivity index (χ4v) is 4.01. The molecule has 0 aliphatic carbocycles. The summed E-state index contributed by atoms with van der Waals surface area (Å²) in [5.41, 5.74) is 2.16. The maximum absolute atomic E-state index is 12.3. The monoisotopic (exact) mass is 388 g/mol. The van der Waals surface area contributed by atoms with Gasteiger partial charge in [-0.15, -0.1) is 11.8 Å². The van der Waals surface area contributed by atoms with Gasteiger partial charge in [0.05, 0.1) is 22.0 Å². The smallest absolute Gasteiger partial charge is 0.323 e. The molecular weight excluding hydrogens is 376 g/mol. The van der Waals surface area contributed by atoms with Crippen LogP contribution < -0.4 is 16.3 Å². The van der Waals surface area contributed by atoms with Crippen molar-refractivity contribution in [2.24, 2.45) is 0 Å². The lowest BCUT2D eigenvalue weighted by molar-refractivity contribution is -0.120. The Bertz CT molecular complexity index is 1090. The normalized spacial score (nSPS) is 16.2. The lowest BCUT2D eigenvalue weighted by Gasteiger charge is -2.23. The van der Waals surface area contributed by atoms with Crippen molar-refractivity contribution >= 4 is 57.6 Å². The molecule has 1 aliphatic rings. The molecular formula is C17H13ClN4O3S. The largest absolute Gasteiger partial charge is 0.326 e. The van der Waals surface area contributed by atoms with Crippen LogP contribution in [0.15, 0.2) is 46.1 Å². The zero-order chi connectivity index (χ0) is 18.3. The van der Waals surface area contributed by atoms with Crippen molar-refractivity contribution in [2.75, 3.05) is 10.6 Å². The number of aromatic nitrogens is 2. The summed E-state index contributed by atoms with van der Waals surface area (Å²) < 4.78 is 0. The quantitative estimate of drug-likeness (QED) is 0.553. The Morgan fingerprint density at radius 1 is 1.12 bits per heavy atom. The molecule has 132 valence electrons. The second-order valence-corrected chi connectivity index (χ2v) is 7.51. The number of anilines is 2. The van der Waals surface area contributed by atoms with Crippen LogP contribution in [-0.4, -0.2) is 27.0 Å². The number of nitrogens with one attached hydrogen (secondary N) is 4. The third-order valence-electron chi connectivity index (χ3n) is 3.93. The van der Waals surface area contributed by atoms with Gasteiger partial charge in [0.25, 0.3) is 0 Å². The van der Waals surface area contributed by atoms with Crippen LogP contribution in [0.3, 0.4) is 0 Å². The van der Waals surface area contributed by atoms with E-state index in [1.807, 2.05) is 6.07 Å². The van der Waals surface area contributed by atoms with E-state index in [4.69, 9.17) is 11.6 Å². The first-order chi connectivity index (χ1) is 12.5. The third-order valence-corrected chi connectivity index (χ3v) is 5.44. The summed E-state index contributed by atoms with van der Waals surface area (Å²) in [4.78, 5) is 42.0. The highest BCUT2D eigenvalue weighted by atomic mass is 35.5. The van der Waals surface area contributed by atoms with Crippen LogP contribution in [0.2, 0.25) is 5.02 Å². The van der Waals surface area contributed by atoms with Crippen molar-refractivity contribution in [3.05, 3.63) is 51.9 Å². The Morgan fingerprint density at radius 2 is 1.92 bits per heavy atom. The van der Waals surface area contributed by atoms with Crippen molar-refractivity contribution < 1.29 is 9.59 Å². The van der Waals surface area contributed by atoms with Crippen molar-refractivity contribution in [3.8, 4) is 0 Å². The number of amides is 2. The second kappa shape index (κ2) is 6.54. The van der Waals surface area contributed by atoms with E-state index in [-0.39, 0.29) is 23.9 Å². The Kier molecular flexibility index (Phi) is 4.21. The van der Waals surface area contributed by atoms with Gasteiger partial charge < -0.3 is 20.6 Å². The summed E-state index contributed by atoms with van der Waals surface area (Å²) >= 11 is 7.26. The topological polar surface area (TPSA) is 107 Å². The summed E-state index contributed by atoms with van der Waals surface area (Å²) in [6.45, 7) is 0. The molecule has 1 aromatic heterocycles. The zero-order valence-electron chi connectivity index (χ0n) is 13.3. The third kappa shape index (κ3) is 3.33. The van der Waals surface area contributed by atoms with Gasteiger partial charge in [0, 0.05) is 22.0 Å². The van der Waals surface area contributed by atoms with E-state index in [1.165, 1.54) is 11.8 Å². The molecule has 0 saturated heterocycles. The first-order valence-corrected chi connectivity index (χ1v) is 9.03. The van der Waals surface area contributed by atoms with E-state index >= 15 is 0 Å². The Hall–Kier alpha value is -2.71. The van der Waals surface area contributed by atoms with Gasteiger partial charge in [-0.3, -0.25) is 9.59 Å². The van der Waals surface area contributed by atoms with Crippen molar-refractivity contribution in [2.45, 2.75) is 16.6 Å². The van der Waals surface area contributed by atoms with Crippen molar-refractivity contribution in [1.29, 1.82) is 0 Å². The van der Waals surface area contributed by atoms with Gasteiger partial charge in [0.2, 0.25) is 11.8 Å². The first kappa shape index (κ1) is 16.7. The number of fused-ring (bicyclic) bond motifs is 2. The lowest BCUT2D eigenvalue weighted by atomic mass is 10.2. The molecule has 1 aliphatic heterocycles. The van der Waals surface area contributed by atoms with Gasteiger partial charge in [-0.2, -0.15) is 0 Å². The van der Waals surface area contributed by atoms with E-state index in [1.54, 1.807) is 30.3 Å². The minimum Gasteiger partial charge on any atom is -0.326 e. The molecule has 1 unspecified atom stereocenters. The van der Waals surface area contributed by atoms with Gasteiger partial charge >= 0.3 is 5.69 Å². The van der Waals surface area contributed by atoms with Crippen LogP contribution in [0.5, 0.6) is 0 Å². The van der Waals surface area contributed by atoms with E-state index < -0.39 is 5.25 Å². The van der Waals surface area contributed by atoms with E-state index in [2.05, 4.69) is 20.6 Å². The highest BCUT2D eigenvalue weighted by Crippen LogP contribution is 2.38. The van der Waals surface area contributed by atoms with E-state index in [0.717, 1.165) is 4.90 Å². The van der Waals surface area contributed by atoms with Gasteiger partial charge in [-0.05, 0) is 36.4 Å². The molecule has 9 heteroatoms. The molecule has 2 aromatic carbocycles. The predicted molar refractivity (Wildman–Crippen MR) is 102 cm³/mol. The highest BCUT2D eigenvalue weighted by molar-refractivity contribution is 8.01. The molecule has 4 rings (SSSR count). The Morgan fingerprint density at radius 3 is 2.77 bits per heavy atom. The number of imidazole rings is 1. The van der Waals surface area contributed by atoms with Crippen LogP contribution in [0.1, 0.15) is 6.42 Å². The van der Waals surface area contributed by atoms with Gasteiger partial charge in [0.15, 0.2) is 0 Å². The molecule has 0 bridgehead atoms. The standard InChI is InChI=1S/C17H13ClN4O3S/c18-8-1-4-13-12(5-8)20-16(24)14(26-13)7-15(23)19-9-2-3-10-11(6-9)22-17(25)21-10/h1-6,14H,7H2,(H,19,23)(H,20,24)(H2,21,22,25). The SMILES string of the molecule is O=C(CC1Sc2ccc(Cl)cc2NC1=O)Nc1ccc2[nH]c(=O)[nH]c2c1. The second-order valence-electron chi connectivity index (χ2n) is 5.83. The number of benzene rings is 2. The summed E-state index contributed by atoms with van der Waals surface area (Å²) in [7, 11) is 0. The maximum Gasteiger partial charge on any atom is 0.323 e. The fraction of sp³-hybridized carbons (Fsp3) is 0.118. The van der Waals surface area contributed by atoms with Crippen LogP contribution in [-0.2, 0) is 9.59 Å². The number of H-pyrrole nitrogens is 2. The molecule has 2 amide bonds. The molecule has 0 saturated carbocycles. The molecule has 7 nitrogen and oxygen atoms in total. The van der Waals surface area contributed by atoms with Crippen molar-refractivity contribution in [3.63, 3.8) is 0 Å². The molecule has 0 spiro atoms. The summed E-state index contributed by atoms with van der Waals surface area (Å²) in [6.07, 6.45) is 0.0280. The number of thioether (sulfide) groups is 1. The first-order valence-electron chi connectivity index (χ1n) is 7.77. The molecule has 4 N–H and O–H groups in total. The number of carbonyl (C=O) groups excluding carboxylic acids is 2. The zero-order valence-corrected chi connectivity index (χ0v) is 14.8. The summed E-state index contributed by atoms with van der Waals surface area (Å²) in [5.74, 6) is -0.516. The van der Waals surface area contributed by atoms with E-state index in [9.17, 15) is 14.4 Å². The lowest BCUT2D eigenvalue weighted by Crippen LogP contribution is -2.32. The number of hydrogen-bond donors (Lipinski definition) is 4. The average Bonchev–Trinajstić information content (AvgIpc) is 2.95. The maximum atomic E-state index is 12.3. The molecule has 26 heavy (non-hydrogen) atoms. The molecule has 1 atom stereocenters. The highest BCUT2D eigenvalue weighted by Gasteiger charge is 2.29. The minimum absolute atomic E-state index is 0.0280. The van der Waals surface area contributed by atoms with Gasteiger partial charge in [-0.25, -0.2) is 4.79 Å². The fourth-order valence-electron chi connectivity index (χ4n) is 2.75.